The fraction of sp³-hybridized carbons (Fsp3) is 0. The van der Waals surface area contributed by atoms with Gasteiger partial charge in [0.05, 0.1) is 11.3 Å². The van der Waals surface area contributed by atoms with Crippen molar-refractivity contribution < 1.29 is 9.21 Å². The van der Waals surface area contributed by atoms with Gasteiger partial charge in [-0.15, -0.1) is 0 Å². The van der Waals surface area contributed by atoms with Crippen molar-refractivity contribution in [2.45, 2.75) is 0 Å². The zero-order chi connectivity index (χ0) is 9.10. The summed E-state index contributed by atoms with van der Waals surface area (Å²) < 4.78 is 4.92. The number of pyridine rings is 1. The van der Waals surface area contributed by atoms with E-state index in [1.54, 1.807) is 6.20 Å². The van der Waals surface area contributed by atoms with E-state index in [1.807, 2.05) is 18.2 Å². The number of carbonyl (C=O) groups excluding carboxylic acids is 1. The maximum Gasteiger partial charge on any atom is 0.153 e. The van der Waals surface area contributed by atoms with Crippen LogP contribution in [0.25, 0.3) is 11.3 Å². The van der Waals surface area contributed by atoms with E-state index >= 15 is 0 Å². The third kappa shape index (κ3) is 1.36. The van der Waals surface area contributed by atoms with E-state index in [0.29, 0.717) is 5.56 Å². The molecular weight excluding hydrogens is 166 g/mol. The SMILES string of the molecule is O=Cc1cocc1-c1ccccn1. The molecule has 0 saturated carbocycles. The summed E-state index contributed by atoms with van der Waals surface area (Å²) >= 11 is 0. The van der Waals surface area contributed by atoms with Gasteiger partial charge in [0.25, 0.3) is 0 Å². The summed E-state index contributed by atoms with van der Waals surface area (Å²) in [5, 5.41) is 0. The highest BCUT2D eigenvalue weighted by molar-refractivity contribution is 5.85. The lowest BCUT2D eigenvalue weighted by Crippen LogP contribution is -1.83. The van der Waals surface area contributed by atoms with E-state index in [1.165, 1.54) is 12.5 Å². The largest absolute Gasteiger partial charge is 0.471 e. The molecule has 0 N–H and O–H groups in total. The van der Waals surface area contributed by atoms with Gasteiger partial charge < -0.3 is 4.42 Å². The van der Waals surface area contributed by atoms with E-state index in [2.05, 4.69) is 4.98 Å². The fourth-order valence-corrected chi connectivity index (χ4v) is 1.13. The highest BCUT2D eigenvalue weighted by Crippen LogP contribution is 2.20. The van der Waals surface area contributed by atoms with Gasteiger partial charge in [0.15, 0.2) is 6.29 Å². The summed E-state index contributed by atoms with van der Waals surface area (Å²) in [4.78, 5) is 14.7. The highest BCUT2D eigenvalue weighted by atomic mass is 16.3. The summed E-state index contributed by atoms with van der Waals surface area (Å²) in [6, 6.07) is 5.52. The Morgan fingerprint density at radius 2 is 2.23 bits per heavy atom. The zero-order valence-electron chi connectivity index (χ0n) is 6.81. The smallest absolute Gasteiger partial charge is 0.153 e. The standard InChI is InChI=1S/C10H7NO2/c12-5-8-6-13-7-9(8)10-3-1-2-4-11-10/h1-7H. The Labute approximate surface area is 75.0 Å². The van der Waals surface area contributed by atoms with Crippen LogP contribution in [0, 0.1) is 0 Å². The normalized spacial score (nSPS) is 9.85. The van der Waals surface area contributed by atoms with E-state index < -0.39 is 0 Å². The predicted molar refractivity (Wildman–Crippen MR) is 47.3 cm³/mol. The summed E-state index contributed by atoms with van der Waals surface area (Å²) in [6.45, 7) is 0. The van der Waals surface area contributed by atoms with E-state index in [9.17, 15) is 4.79 Å². The first-order valence-corrected chi connectivity index (χ1v) is 3.84. The first kappa shape index (κ1) is 7.73. The van der Waals surface area contributed by atoms with Gasteiger partial charge in [0.2, 0.25) is 0 Å². The van der Waals surface area contributed by atoms with Crippen molar-refractivity contribution in [2.24, 2.45) is 0 Å². The molecule has 0 aromatic carbocycles. The van der Waals surface area contributed by atoms with Gasteiger partial charge >= 0.3 is 0 Å². The molecule has 0 radical (unpaired) electrons. The third-order valence-corrected chi connectivity index (χ3v) is 1.76. The van der Waals surface area contributed by atoms with Gasteiger partial charge in [0.1, 0.15) is 12.5 Å². The molecule has 0 atom stereocenters. The molecule has 64 valence electrons. The van der Waals surface area contributed by atoms with Crippen LogP contribution in [0.1, 0.15) is 10.4 Å². The van der Waals surface area contributed by atoms with Crippen LogP contribution in [0.5, 0.6) is 0 Å². The maximum atomic E-state index is 10.6. The molecule has 0 bridgehead atoms. The summed E-state index contributed by atoms with van der Waals surface area (Å²) in [6.07, 6.45) is 5.37. The second-order valence-electron chi connectivity index (χ2n) is 2.57. The topological polar surface area (TPSA) is 43.1 Å². The Kier molecular flexibility index (Phi) is 1.92. The molecule has 0 amide bonds. The Balaban J connectivity index is 2.52. The van der Waals surface area contributed by atoms with Gasteiger partial charge in [-0.3, -0.25) is 9.78 Å². The van der Waals surface area contributed by atoms with Crippen molar-refractivity contribution in [3.63, 3.8) is 0 Å². The second-order valence-corrected chi connectivity index (χ2v) is 2.57. The molecule has 0 spiro atoms. The summed E-state index contributed by atoms with van der Waals surface area (Å²) in [5.41, 5.74) is 2.01. The molecule has 2 aromatic heterocycles. The van der Waals surface area contributed by atoms with Crippen LogP contribution in [-0.4, -0.2) is 11.3 Å². The highest BCUT2D eigenvalue weighted by Gasteiger charge is 2.06. The van der Waals surface area contributed by atoms with Crippen molar-refractivity contribution in [3.05, 3.63) is 42.5 Å². The van der Waals surface area contributed by atoms with Crippen molar-refractivity contribution >= 4 is 6.29 Å². The van der Waals surface area contributed by atoms with Gasteiger partial charge in [-0.1, -0.05) is 6.07 Å². The lowest BCUT2D eigenvalue weighted by Gasteiger charge is -1.94. The van der Waals surface area contributed by atoms with E-state index in [4.69, 9.17) is 4.42 Å². The minimum Gasteiger partial charge on any atom is -0.471 e. The Hall–Kier alpha value is -1.90. The molecule has 0 fully saturated rings. The number of aldehydes is 1. The number of hydrogen-bond donors (Lipinski definition) is 0. The lowest BCUT2D eigenvalue weighted by atomic mass is 10.1. The first-order chi connectivity index (χ1) is 6.42. The van der Waals surface area contributed by atoms with Crippen molar-refractivity contribution in [1.82, 2.24) is 4.98 Å². The number of rotatable bonds is 2. The molecule has 3 nitrogen and oxygen atoms in total. The summed E-state index contributed by atoms with van der Waals surface area (Å²) in [5.74, 6) is 0. The molecule has 2 heterocycles. The monoisotopic (exact) mass is 173 g/mol. The van der Waals surface area contributed by atoms with Crippen LogP contribution in [0.2, 0.25) is 0 Å². The van der Waals surface area contributed by atoms with Crippen molar-refractivity contribution in [1.29, 1.82) is 0 Å². The summed E-state index contributed by atoms with van der Waals surface area (Å²) in [7, 11) is 0. The van der Waals surface area contributed by atoms with Crippen LogP contribution in [0.4, 0.5) is 0 Å². The Morgan fingerprint density at radius 1 is 1.31 bits per heavy atom. The molecule has 0 saturated heterocycles. The number of nitrogens with zero attached hydrogens (tertiary/aromatic N) is 1. The molecule has 3 heteroatoms. The molecule has 2 aromatic rings. The minimum atomic E-state index is 0.527. The van der Waals surface area contributed by atoms with Crippen LogP contribution in [-0.2, 0) is 0 Å². The number of carbonyl (C=O) groups is 1. The average Bonchev–Trinajstić information content (AvgIpc) is 2.67. The van der Waals surface area contributed by atoms with Crippen LogP contribution in [0.3, 0.4) is 0 Å². The minimum absolute atomic E-state index is 0.527. The van der Waals surface area contributed by atoms with Crippen molar-refractivity contribution in [3.8, 4) is 11.3 Å². The zero-order valence-corrected chi connectivity index (χ0v) is 6.81. The quantitative estimate of drug-likeness (QED) is 0.653. The second kappa shape index (κ2) is 3.23. The molecule has 2 rings (SSSR count). The van der Waals surface area contributed by atoms with Crippen LogP contribution < -0.4 is 0 Å². The number of aromatic nitrogens is 1. The fourth-order valence-electron chi connectivity index (χ4n) is 1.13. The third-order valence-electron chi connectivity index (χ3n) is 1.76. The van der Waals surface area contributed by atoms with Crippen LogP contribution >= 0.6 is 0 Å². The average molecular weight is 173 g/mol. The molecule has 13 heavy (non-hydrogen) atoms. The molecule has 0 aliphatic carbocycles. The molecule has 0 aliphatic rings. The Bertz CT molecular complexity index is 406. The van der Waals surface area contributed by atoms with Gasteiger partial charge in [0, 0.05) is 11.8 Å². The first-order valence-electron chi connectivity index (χ1n) is 3.84. The number of hydrogen-bond acceptors (Lipinski definition) is 3. The lowest BCUT2D eigenvalue weighted by molar-refractivity contribution is 0.112. The van der Waals surface area contributed by atoms with Crippen molar-refractivity contribution in [2.75, 3.05) is 0 Å². The van der Waals surface area contributed by atoms with E-state index in [0.717, 1.165) is 17.5 Å². The molecule has 0 aliphatic heterocycles. The molecule has 0 unspecified atom stereocenters. The van der Waals surface area contributed by atoms with Crippen LogP contribution in [0.15, 0.2) is 41.3 Å². The predicted octanol–water partition coefficient (Wildman–Crippen LogP) is 2.15. The van der Waals surface area contributed by atoms with E-state index in [-0.39, 0.29) is 0 Å². The Morgan fingerprint density at radius 3 is 2.92 bits per heavy atom. The number of furan rings is 1. The molecular formula is C10H7NO2. The van der Waals surface area contributed by atoms with Gasteiger partial charge in [-0.05, 0) is 12.1 Å². The van der Waals surface area contributed by atoms with Gasteiger partial charge in [-0.25, -0.2) is 0 Å². The van der Waals surface area contributed by atoms with Gasteiger partial charge in [-0.2, -0.15) is 0 Å². The maximum absolute atomic E-state index is 10.6.